The minimum Gasteiger partial charge on any atom is -0.507 e. The van der Waals surface area contributed by atoms with Crippen LogP contribution >= 0.6 is 15.9 Å². The zero-order valence-electron chi connectivity index (χ0n) is 22.4. The van der Waals surface area contributed by atoms with Gasteiger partial charge >= 0.3 is 0 Å². The van der Waals surface area contributed by atoms with E-state index in [1.54, 1.807) is 18.3 Å². The molecule has 2 aromatic heterocycles. The van der Waals surface area contributed by atoms with Gasteiger partial charge in [-0.05, 0) is 80.9 Å². The molecule has 0 atom stereocenters. The molecule has 0 aliphatic carbocycles. The average Bonchev–Trinajstić information content (AvgIpc) is 3.37. The van der Waals surface area contributed by atoms with Crippen LogP contribution in [0.15, 0.2) is 108 Å². The summed E-state index contributed by atoms with van der Waals surface area (Å²) in [5.41, 5.74) is 6.51. The van der Waals surface area contributed by atoms with Crippen molar-refractivity contribution in [1.29, 1.82) is 0 Å². The largest absolute Gasteiger partial charge is 0.507 e. The summed E-state index contributed by atoms with van der Waals surface area (Å²) in [5.74, 6) is 0.220. The van der Waals surface area contributed by atoms with Gasteiger partial charge in [0, 0.05) is 17.8 Å². The van der Waals surface area contributed by atoms with Crippen LogP contribution in [0, 0.1) is 0 Å². The molecule has 0 aliphatic heterocycles. The Kier molecular flexibility index (Phi) is 7.78. The molecule has 0 radical (unpaired) electrons. The number of aromatic nitrogens is 3. The highest BCUT2D eigenvalue weighted by molar-refractivity contribution is 9.10. The monoisotopic (exact) mass is 604 g/mol. The van der Waals surface area contributed by atoms with E-state index in [0.717, 1.165) is 57.3 Å². The normalized spacial score (nSPS) is 11.2. The fourth-order valence-corrected chi connectivity index (χ4v) is 5.45. The standard InChI is InChI=1S/C34H29BrN4O2/c35-30-22-37-39-28(20-31(38-34(30)39)29-10-3-4-11-32(29)40)9-5-6-23-12-14-24(15-13-23)21-36-33(41)19-25-16-17-26-7-1-2-8-27(26)18-25/h1-4,7-8,10-18,20,22,40H,5-6,9,19,21H2,(H,36,41). The van der Waals surface area contributed by atoms with E-state index in [-0.39, 0.29) is 11.7 Å². The number of rotatable bonds is 9. The molecule has 0 spiro atoms. The zero-order valence-corrected chi connectivity index (χ0v) is 24.0. The number of carbonyl (C=O) groups excluding carboxylic acids is 1. The summed E-state index contributed by atoms with van der Waals surface area (Å²) in [6.07, 6.45) is 4.76. The van der Waals surface area contributed by atoms with E-state index in [9.17, 15) is 9.90 Å². The van der Waals surface area contributed by atoms with Gasteiger partial charge in [0.05, 0.1) is 22.8 Å². The maximum atomic E-state index is 12.6. The Labute approximate surface area is 246 Å². The molecule has 6 nitrogen and oxygen atoms in total. The third-order valence-corrected chi connectivity index (χ3v) is 7.83. The number of nitrogens with zero attached hydrogens (tertiary/aromatic N) is 3. The number of aryl methyl sites for hydroxylation is 2. The number of halogens is 1. The van der Waals surface area contributed by atoms with E-state index in [0.29, 0.717) is 18.5 Å². The number of phenolic OH excluding ortho intramolecular Hbond substituents is 1. The van der Waals surface area contributed by atoms with Crippen LogP contribution in [0.2, 0.25) is 0 Å². The minimum atomic E-state index is 0.0153. The van der Waals surface area contributed by atoms with Crippen LogP contribution in [0.4, 0.5) is 0 Å². The molecule has 0 bridgehead atoms. The van der Waals surface area contributed by atoms with Crippen molar-refractivity contribution in [2.24, 2.45) is 0 Å². The SMILES string of the molecule is O=C(Cc1ccc2ccccc2c1)NCc1ccc(CCCc2cc(-c3ccccc3O)nc3c(Br)cnn23)cc1. The summed E-state index contributed by atoms with van der Waals surface area (Å²) in [5, 5.41) is 20.2. The molecule has 1 amide bonds. The topological polar surface area (TPSA) is 79.5 Å². The maximum Gasteiger partial charge on any atom is 0.224 e. The Bertz CT molecular complexity index is 1850. The van der Waals surface area contributed by atoms with Gasteiger partial charge in [-0.25, -0.2) is 9.50 Å². The van der Waals surface area contributed by atoms with E-state index in [4.69, 9.17) is 4.98 Å². The van der Waals surface area contributed by atoms with Crippen molar-refractivity contribution in [2.75, 3.05) is 0 Å². The van der Waals surface area contributed by atoms with E-state index < -0.39 is 0 Å². The summed E-state index contributed by atoms with van der Waals surface area (Å²) in [7, 11) is 0. The van der Waals surface area contributed by atoms with Crippen LogP contribution in [-0.2, 0) is 30.6 Å². The second kappa shape index (κ2) is 11.9. The van der Waals surface area contributed by atoms with Crippen molar-refractivity contribution in [2.45, 2.75) is 32.2 Å². The molecule has 0 fully saturated rings. The number of para-hydroxylation sites is 1. The molecule has 204 valence electrons. The zero-order chi connectivity index (χ0) is 28.2. The van der Waals surface area contributed by atoms with Gasteiger partial charge in [0.2, 0.25) is 5.91 Å². The van der Waals surface area contributed by atoms with Gasteiger partial charge in [-0.1, -0.05) is 78.9 Å². The number of benzene rings is 4. The molecule has 0 saturated heterocycles. The lowest BCUT2D eigenvalue weighted by atomic mass is 10.0. The predicted molar refractivity (Wildman–Crippen MR) is 166 cm³/mol. The van der Waals surface area contributed by atoms with Crippen molar-refractivity contribution in [3.63, 3.8) is 0 Å². The fraction of sp³-hybridized carbons (Fsp3) is 0.147. The average molecular weight is 606 g/mol. The van der Waals surface area contributed by atoms with Crippen molar-refractivity contribution >= 4 is 38.3 Å². The number of hydrogen-bond acceptors (Lipinski definition) is 4. The minimum absolute atomic E-state index is 0.0153. The van der Waals surface area contributed by atoms with Crippen LogP contribution in [0.25, 0.3) is 27.7 Å². The molecule has 7 heteroatoms. The first-order valence-corrected chi connectivity index (χ1v) is 14.5. The molecule has 2 heterocycles. The van der Waals surface area contributed by atoms with E-state index in [1.807, 2.05) is 40.9 Å². The summed E-state index contributed by atoms with van der Waals surface area (Å²) < 4.78 is 2.67. The third kappa shape index (κ3) is 6.15. The molecule has 2 N–H and O–H groups in total. The van der Waals surface area contributed by atoms with Gasteiger partial charge in [-0.3, -0.25) is 4.79 Å². The number of carbonyl (C=O) groups is 1. The Morgan fingerprint density at radius 2 is 1.56 bits per heavy atom. The Morgan fingerprint density at radius 1 is 0.829 bits per heavy atom. The molecule has 0 unspecified atom stereocenters. The van der Waals surface area contributed by atoms with Crippen molar-refractivity contribution in [3.8, 4) is 17.0 Å². The molecule has 41 heavy (non-hydrogen) atoms. The number of hydrogen-bond donors (Lipinski definition) is 2. The van der Waals surface area contributed by atoms with E-state index in [1.165, 1.54) is 10.9 Å². The molecule has 6 rings (SSSR count). The highest BCUT2D eigenvalue weighted by Crippen LogP contribution is 2.30. The van der Waals surface area contributed by atoms with Gasteiger partial charge in [-0.2, -0.15) is 5.10 Å². The van der Waals surface area contributed by atoms with Gasteiger partial charge in [0.25, 0.3) is 0 Å². The molecule has 0 saturated carbocycles. The molecular formula is C34H29BrN4O2. The fourth-order valence-electron chi connectivity index (χ4n) is 5.10. The second-order valence-electron chi connectivity index (χ2n) is 10.2. The van der Waals surface area contributed by atoms with Gasteiger partial charge in [0.1, 0.15) is 5.75 Å². The maximum absolute atomic E-state index is 12.6. The Balaban J connectivity index is 1.05. The van der Waals surface area contributed by atoms with E-state index >= 15 is 0 Å². The van der Waals surface area contributed by atoms with Gasteiger partial charge in [0.15, 0.2) is 5.65 Å². The van der Waals surface area contributed by atoms with Crippen molar-refractivity contribution in [3.05, 3.63) is 130 Å². The molecule has 6 aromatic rings. The van der Waals surface area contributed by atoms with Crippen LogP contribution in [-0.4, -0.2) is 25.6 Å². The van der Waals surface area contributed by atoms with Crippen LogP contribution in [0.3, 0.4) is 0 Å². The molecular weight excluding hydrogens is 576 g/mol. The Morgan fingerprint density at radius 3 is 2.39 bits per heavy atom. The lowest BCUT2D eigenvalue weighted by Crippen LogP contribution is -2.24. The molecule has 4 aromatic carbocycles. The van der Waals surface area contributed by atoms with Crippen LogP contribution < -0.4 is 5.32 Å². The molecule has 0 aliphatic rings. The quantitative estimate of drug-likeness (QED) is 0.185. The highest BCUT2D eigenvalue weighted by Gasteiger charge is 2.13. The number of fused-ring (bicyclic) bond motifs is 2. The summed E-state index contributed by atoms with van der Waals surface area (Å²) in [6, 6.07) is 32.0. The van der Waals surface area contributed by atoms with Gasteiger partial charge < -0.3 is 10.4 Å². The summed E-state index contributed by atoms with van der Waals surface area (Å²) in [6.45, 7) is 0.505. The lowest BCUT2D eigenvalue weighted by Gasteiger charge is -2.10. The number of nitrogens with one attached hydrogen (secondary N) is 1. The van der Waals surface area contributed by atoms with Crippen LogP contribution in [0.1, 0.15) is 28.8 Å². The van der Waals surface area contributed by atoms with Gasteiger partial charge in [-0.15, -0.1) is 0 Å². The third-order valence-electron chi connectivity index (χ3n) is 7.27. The predicted octanol–water partition coefficient (Wildman–Crippen LogP) is 7.05. The second-order valence-corrected chi connectivity index (χ2v) is 11.0. The first-order valence-electron chi connectivity index (χ1n) is 13.7. The smallest absolute Gasteiger partial charge is 0.224 e. The van der Waals surface area contributed by atoms with Crippen LogP contribution in [0.5, 0.6) is 5.75 Å². The first kappa shape index (κ1) is 26.7. The number of phenols is 1. The van der Waals surface area contributed by atoms with E-state index in [2.05, 4.69) is 74.9 Å². The van der Waals surface area contributed by atoms with Crippen molar-refractivity contribution < 1.29 is 9.90 Å². The number of amides is 1. The lowest BCUT2D eigenvalue weighted by molar-refractivity contribution is -0.120. The Hall–Kier alpha value is -4.49. The highest BCUT2D eigenvalue weighted by atomic mass is 79.9. The first-order chi connectivity index (χ1) is 20.0. The number of aromatic hydroxyl groups is 1. The summed E-state index contributed by atoms with van der Waals surface area (Å²) >= 11 is 3.55. The van der Waals surface area contributed by atoms with Crippen molar-refractivity contribution in [1.82, 2.24) is 19.9 Å². The summed E-state index contributed by atoms with van der Waals surface area (Å²) in [4.78, 5) is 17.3.